The second kappa shape index (κ2) is 25.7. The Morgan fingerprint density at radius 1 is 0.965 bits per heavy atom. The summed E-state index contributed by atoms with van der Waals surface area (Å²) in [5.41, 5.74) is 0.783. The molecular formula is C42H72N6O9. The number of carbonyl (C=O) groups is 5. The molecule has 1 aliphatic rings. The molecule has 8 unspecified atom stereocenters. The molecule has 2 rings (SSSR count). The Labute approximate surface area is 340 Å². The molecule has 1 heterocycles. The lowest BCUT2D eigenvalue weighted by Gasteiger charge is -2.39. The van der Waals surface area contributed by atoms with Crippen LogP contribution in [0.5, 0.6) is 0 Å². The Balaban J connectivity index is 2.12. The van der Waals surface area contributed by atoms with Crippen molar-refractivity contribution in [2.75, 3.05) is 54.6 Å². The molecule has 5 N–H and O–H groups in total. The third-order valence-corrected chi connectivity index (χ3v) is 11.5. The summed E-state index contributed by atoms with van der Waals surface area (Å²) in [5, 5.41) is 15.4. The van der Waals surface area contributed by atoms with Crippen molar-refractivity contribution in [3.05, 3.63) is 35.9 Å². The van der Waals surface area contributed by atoms with E-state index in [0.29, 0.717) is 32.4 Å². The number of nitrogens with one attached hydrogen (secondary N) is 2. The van der Waals surface area contributed by atoms with E-state index in [-0.39, 0.29) is 48.9 Å². The third kappa shape index (κ3) is 15.2. The van der Waals surface area contributed by atoms with Gasteiger partial charge in [0.05, 0.1) is 55.8 Å². The number of rotatable bonds is 27. The fourth-order valence-electron chi connectivity index (χ4n) is 8.12. The van der Waals surface area contributed by atoms with Gasteiger partial charge in [-0.05, 0) is 56.7 Å². The molecule has 1 saturated heterocycles. The Hall–Kier alpha value is -3.63. The van der Waals surface area contributed by atoms with Crippen LogP contribution in [0.4, 0.5) is 0 Å². The summed E-state index contributed by atoms with van der Waals surface area (Å²) in [6, 6.07) is 6.66. The highest BCUT2D eigenvalue weighted by Gasteiger charge is 2.42. The van der Waals surface area contributed by atoms with E-state index in [9.17, 15) is 29.1 Å². The van der Waals surface area contributed by atoms with E-state index in [1.165, 1.54) is 14.2 Å². The topological polar surface area (TPSA) is 193 Å². The van der Waals surface area contributed by atoms with Crippen molar-refractivity contribution in [3.8, 4) is 0 Å². The van der Waals surface area contributed by atoms with Crippen molar-refractivity contribution in [2.45, 2.75) is 129 Å². The van der Waals surface area contributed by atoms with Crippen molar-refractivity contribution in [3.63, 3.8) is 0 Å². The second-order valence-corrected chi connectivity index (χ2v) is 15.9. The number of unbranched alkanes of at least 4 members (excludes halogenated alkanes) is 3. The molecule has 4 amide bonds. The van der Waals surface area contributed by atoms with Crippen molar-refractivity contribution >= 4 is 29.6 Å². The maximum atomic E-state index is 14.1. The summed E-state index contributed by atoms with van der Waals surface area (Å²) < 4.78 is 11.8. The number of aliphatic carboxylic acids is 1. The SMILES string of the molecule is CCC(C)C(C(CC(=O)N1CCCC1C(OC)C(C)C(=O)NC(Cc1ccccc1)C(=O)O)OC)N(C)C(=O)CNC(=O)C(C(C)C)N(C)CCCCCCON. The van der Waals surface area contributed by atoms with Gasteiger partial charge in [-0.2, -0.15) is 0 Å². The van der Waals surface area contributed by atoms with Gasteiger partial charge in [-0.3, -0.25) is 24.1 Å². The molecule has 0 spiro atoms. The van der Waals surface area contributed by atoms with Gasteiger partial charge in [0.2, 0.25) is 23.6 Å². The maximum absolute atomic E-state index is 14.1. The fourth-order valence-corrected chi connectivity index (χ4v) is 8.12. The van der Waals surface area contributed by atoms with Gasteiger partial charge in [-0.15, -0.1) is 0 Å². The lowest BCUT2D eigenvalue weighted by Crippen LogP contribution is -2.55. The van der Waals surface area contributed by atoms with Gasteiger partial charge in [0.25, 0.3) is 0 Å². The lowest BCUT2D eigenvalue weighted by atomic mass is 9.90. The molecule has 0 aromatic heterocycles. The largest absolute Gasteiger partial charge is 0.480 e. The molecule has 0 aliphatic carbocycles. The zero-order chi connectivity index (χ0) is 42.7. The minimum atomic E-state index is -1.14. The predicted molar refractivity (Wildman–Crippen MR) is 219 cm³/mol. The van der Waals surface area contributed by atoms with Gasteiger partial charge in [0, 0.05) is 34.2 Å². The molecule has 8 atom stereocenters. The number of benzene rings is 1. The number of likely N-dealkylation sites (tertiary alicyclic amines) is 1. The molecule has 57 heavy (non-hydrogen) atoms. The van der Waals surface area contributed by atoms with Crippen LogP contribution in [0.3, 0.4) is 0 Å². The van der Waals surface area contributed by atoms with E-state index in [1.54, 1.807) is 23.8 Å². The highest BCUT2D eigenvalue weighted by Crippen LogP contribution is 2.29. The minimum Gasteiger partial charge on any atom is -0.480 e. The predicted octanol–water partition coefficient (Wildman–Crippen LogP) is 3.24. The Bertz CT molecular complexity index is 1380. The number of ether oxygens (including phenoxy) is 2. The van der Waals surface area contributed by atoms with Crippen LogP contribution in [-0.4, -0.2) is 140 Å². The van der Waals surface area contributed by atoms with E-state index in [1.807, 2.05) is 70.0 Å². The molecule has 1 aromatic carbocycles. The highest BCUT2D eigenvalue weighted by molar-refractivity contribution is 5.88. The number of carboxylic acids is 1. The van der Waals surface area contributed by atoms with E-state index in [0.717, 1.165) is 37.8 Å². The first-order valence-electron chi connectivity index (χ1n) is 20.6. The summed E-state index contributed by atoms with van der Waals surface area (Å²) >= 11 is 0. The molecule has 15 heteroatoms. The number of likely N-dealkylation sites (N-methyl/N-ethyl adjacent to an activating group) is 2. The molecule has 15 nitrogen and oxygen atoms in total. The van der Waals surface area contributed by atoms with E-state index >= 15 is 0 Å². The first kappa shape index (κ1) is 49.5. The number of hydrogen-bond donors (Lipinski definition) is 4. The van der Waals surface area contributed by atoms with Crippen molar-refractivity contribution in [1.82, 2.24) is 25.3 Å². The lowest BCUT2D eigenvalue weighted by molar-refractivity contribution is -0.147. The maximum Gasteiger partial charge on any atom is 0.326 e. The minimum absolute atomic E-state index is 0.0133. The van der Waals surface area contributed by atoms with Crippen LogP contribution in [0.1, 0.15) is 91.5 Å². The smallest absolute Gasteiger partial charge is 0.326 e. The molecule has 0 radical (unpaired) electrons. The number of carboxylic acid groups (broad SMARTS) is 1. The second-order valence-electron chi connectivity index (χ2n) is 15.9. The molecule has 0 saturated carbocycles. The molecule has 0 bridgehead atoms. The standard InChI is InChI=1S/C42H72N6O9/c1-10-29(4)38(47(7)36(50)27-44-41(52)37(28(2)3)46(6)22-16-11-12-17-24-57-43)34(55-8)26-35(49)48-23-18-21-33(48)39(56-9)30(5)40(51)45-32(42(53)54)25-31-19-14-13-15-20-31/h13-15,19-20,28-30,32-34,37-39H,10-12,16-18,21-27,43H2,1-9H3,(H,44,52)(H,45,51)(H,53,54). The number of nitrogens with zero attached hydrogens (tertiary/aromatic N) is 3. The molecule has 1 aliphatic heterocycles. The van der Waals surface area contributed by atoms with Gasteiger partial charge < -0.3 is 39.9 Å². The molecule has 1 aromatic rings. The summed E-state index contributed by atoms with van der Waals surface area (Å²) in [6.45, 7) is 11.2. The number of amides is 4. The van der Waals surface area contributed by atoms with E-state index in [4.69, 9.17) is 15.4 Å². The summed E-state index contributed by atoms with van der Waals surface area (Å²) in [7, 11) is 6.64. The first-order chi connectivity index (χ1) is 27.1. The summed E-state index contributed by atoms with van der Waals surface area (Å²) in [4.78, 5) is 76.8. The van der Waals surface area contributed by atoms with Gasteiger partial charge in [-0.1, -0.05) is 84.2 Å². The van der Waals surface area contributed by atoms with Crippen LogP contribution < -0.4 is 16.5 Å². The van der Waals surface area contributed by atoms with Crippen LogP contribution in [0.2, 0.25) is 0 Å². The quantitative estimate of drug-likeness (QED) is 0.0754. The Kier molecular flexibility index (Phi) is 22.3. The summed E-state index contributed by atoms with van der Waals surface area (Å²) in [5.74, 6) is 2.03. The van der Waals surface area contributed by atoms with Crippen molar-refractivity contribution in [1.29, 1.82) is 0 Å². The molecule has 324 valence electrons. The van der Waals surface area contributed by atoms with Crippen LogP contribution in [0.15, 0.2) is 30.3 Å². The van der Waals surface area contributed by atoms with Crippen LogP contribution >= 0.6 is 0 Å². The van der Waals surface area contributed by atoms with E-state index < -0.39 is 54.2 Å². The fraction of sp³-hybridized carbons (Fsp3) is 0.738. The van der Waals surface area contributed by atoms with Gasteiger partial charge in [0.15, 0.2) is 0 Å². The van der Waals surface area contributed by atoms with Crippen molar-refractivity contribution in [2.24, 2.45) is 23.7 Å². The Morgan fingerprint density at radius 2 is 1.63 bits per heavy atom. The van der Waals surface area contributed by atoms with Gasteiger partial charge in [0.1, 0.15) is 6.04 Å². The van der Waals surface area contributed by atoms with Crippen LogP contribution in [0.25, 0.3) is 0 Å². The van der Waals surface area contributed by atoms with Gasteiger partial charge in [-0.25, -0.2) is 10.7 Å². The average molecular weight is 805 g/mol. The normalized spacial score (nSPS) is 18.0. The highest BCUT2D eigenvalue weighted by atomic mass is 16.6. The van der Waals surface area contributed by atoms with E-state index in [2.05, 4.69) is 15.5 Å². The number of nitrogens with two attached hydrogens (primary N) is 1. The number of carbonyl (C=O) groups excluding carboxylic acids is 4. The number of methoxy groups -OCH3 is 2. The summed E-state index contributed by atoms with van der Waals surface area (Å²) in [6.07, 6.45) is 4.61. The number of hydrogen-bond acceptors (Lipinski definition) is 10. The Morgan fingerprint density at radius 3 is 2.21 bits per heavy atom. The molecular weight excluding hydrogens is 732 g/mol. The zero-order valence-corrected chi connectivity index (χ0v) is 35.9. The van der Waals surface area contributed by atoms with Crippen molar-refractivity contribution < 1.29 is 43.4 Å². The first-order valence-corrected chi connectivity index (χ1v) is 20.6. The monoisotopic (exact) mass is 805 g/mol. The van der Waals surface area contributed by atoms with Crippen LogP contribution in [-0.2, 0) is 44.7 Å². The van der Waals surface area contributed by atoms with Gasteiger partial charge >= 0.3 is 5.97 Å². The zero-order valence-electron chi connectivity index (χ0n) is 35.9. The third-order valence-electron chi connectivity index (χ3n) is 11.5. The molecule has 1 fully saturated rings. The van der Waals surface area contributed by atoms with Crippen LogP contribution in [0, 0.1) is 17.8 Å². The average Bonchev–Trinajstić information content (AvgIpc) is 3.67.